The van der Waals surface area contributed by atoms with Gasteiger partial charge in [-0.15, -0.1) is 22.7 Å². The van der Waals surface area contributed by atoms with Crippen LogP contribution in [0.4, 0.5) is 5.69 Å². The molecule has 0 radical (unpaired) electrons. The zero-order valence-electron chi connectivity index (χ0n) is 33.0. The molecule has 1 aliphatic rings. The Morgan fingerprint density at radius 1 is 0.517 bits per heavy atom. The zero-order chi connectivity index (χ0) is 39.9. The van der Waals surface area contributed by atoms with Crippen LogP contribution in [0.25, 0.3) is 86.2 Å². The second-order valence-electron chi connectivity index (χ2n) is 15.6. The first-order chi connectivity index (χ1) is 29.6. The summed E-state index contributed by atoms with van der Waals surface area (Å²) < 4.78 is 7.19. The molecule has 284 valence electrons. The van der Waals surface area contributed by atoms with E-state index in [0.717, 1.165) is 21.0 Å². The Balaban J connectivity index is 1.09. The van der Waals surface area contributed by atoms with Gasteiger partial charge in [-0.25, -0.2) is 9.97 Å². The number of thiazole rings is 2. The number of hydrogen-bond donors (Lipinski definition) is 0. The fourth-order valence-corrected chi connectivity index (χ4v) is 11.6. The summed E-state index contributed by atoms with van der Waals surface area (Å²) in [5.41, 5.74) is 16.5. The molecule has 0 amide bonds. The lowest BCUT2D eigenvalue weighted by Gasteiger charge is -2.15. The van der Waals surface area contributed by atoms with Gasteiger partial charge >= 0.3 is 0 Å². The summed E-state index contributed by atoms with van der Waals surface area (Å²) >= 11 is 3.57. The average Bonchev–Trinajstić information content (AvgIpc) is 4.07. The number of rotatable bonds is 6. The van der Waals surface area contributed by atoms with Crippen molar-refractivity contribution in [2.24, 2.45) is 7.05 Å². The lowest BCUT2D eigenvalue weighted by atomic mass is 9.87. The minimum absolute atomic E-state index is 0.0485. The molecule has 0 spiro atoms. The fraction of sp³-hybridized carbons (Fsp3) is 0.0556. The smallest absolute Gasteiger partial charge is 0.209 e. The summed E-state index contributed by atoms with van der Waals surface area (Å²) in [5.74, 6) is -0.0485. The van der Waals surface area contributed by atoms with Crippen molar-refractivity contribution in [2.75, 3.05) is 7.05 Å². The van der Waals surface area contributed by atoms with Crippen LogP contribution >= 0.6 is 22.7 Å². The van der Waals surface area contributed by atoms with Crippen molar-refractivity contribution in [2.45, 2.75) is 5.92 Å². The van der Waals surface area contributed by atoms with Crippen molar-refractivity contribution in [1.82, 2.24) is 14.5 Å². The molecule has 4 heterocycles. The molecule has 0 fully saturated rings. The molecule has 6 heteroatoms. The van der Waals surface area contributed by atoms with Crippen LogP contribution in [0.5, 0.6) is 0 Å². The Morgan fingerprint density at radius 3 is 1.82 bits per heavy atom. The third-order valence-corrected chi connectivity index (χ3v) is 14.4. The summed E-state index contributed by atoms with van der Waals surface area (Å²) in [6.45, 7) is 0. The second kappa shape index (κ2) is 13.8. The van der Waals surface area contributed by atoms with Crippen LogP contribution in [-0.4, -0.2) is 31.9 Å². The van der Waals surface area contributed by atoms with E-state index in [-0.39, 0.29) is 5.92 Å². The van der Waals surface area contributed by atoms with Gasteiger partial charge in [-0.1, -0.05) is 121 Å². The Bertz CT molecular complexity index is 3450. The molecular weight excluding hydrogens is 769 g/mol. The van der Waals surface area contributed by atoms with E-state index in [1.807, 2.05) is 0 Å². The average molecular weight is 806 g/mol. The zero-order valence-corrected chi connectivity index (χ0v) is 34.6. The molecule has 11 aromatic rings. The van der Waals surface area contributed by atoms with Gasteiger partial charge in [0.1, 0.15) is 23.0 Å². The molecule has 0 saturated heterocycles. The van der Waals surface area contributed by atoms with Gasteiger partial charge in [-0.2, -0.15) is 4.58 Å². The van der Waals surface area contributed by atoms with E-state index in [9.17, 15) is 0 Å². The van der Waals surface area contributed by atoms with Crippen LogP contribution in [0.2, 0.25) is 0 Å². The number of aryl methyl sites for hydroxylation is 1. The molecule has 3 aromatic heterocycles. The van der Waals surface area contributed by atoms with Crippen LogP contribution < -0.4 is 0 Å². The summed E-state index contributed by atoms with van der Waals surface area (Å²) in [4.78, 5) is 10.6. The maximum absolute atomic E-state index is 5.34. The maximum atomic E-state index is 5.34. The van der Waals surface area contributed by atoms with Crippen LogP contribution in [-0.2, 0) is 7.05 Å². The van der Waals surface area contributed by atoms with E-state index in [2.05, 4.69) is 205 Å². The highest BCUT2D eigenvalue weighted by molar-refractivity contribution is 7.21. The molecule has 1 unspecified atom stereocenters. The van der Waals surface area contributed by atoms with Crippen LogP contribution in [0.15, 0.2) is 182 Å². The van der Waals surface area contributed by atoms with Crippen molar-refractivity contribution < 1.29 is 4.58 Å². The van der Waals surface area contributed by atoms with E-state index in [4.69, 9.17) is 9.97 Å². The second-order valence-corrected chi connectivity index (χ2v) is 17.7. The Morgan fingerprint density at radius 2 is 1.12 bits per heavy atom. The fourth-order valence-electron chi connectivity index (χ4n) is 9.48. The van der Waals surface area contributed by atoms with E-state index in [0.29, 0.717) is 0 Å². The van der Waals surface area contributed by atoms with Crippen molar-refractivity contribution in [1.29, 1.82) is 0 Å². The third-order valence-electron chi connectivity index (χ3n) is 12.3. The van der Waals surface area contributed by atoms with Crippen LogP contribution in [0.1, 0.15) is 22.1 Å². The van der Waals surface area contributed by atoms with Gasteiger partial charge in [-0.05, 0) is 87.6 Å². The predicted octanol–water partition coefficient (Wildman–Crippen LogP) is 14.1. The lowest BCUT2D eigenvalue weighted by molar-refractivity contribution is -0.401. The Labute approximate surface area is 355 Å². The predicted molar refractivity (Wildman–Crippen MR) is 253 cm³/mol. The van der Waals surface area contributed by atoms with Crippen LogP contribution in [0, 0.1) is 0 Å². The number of nitrogens with zero attached hydrogens (tertiary/aromatic N) is 4. The van der Waals surface area contributed by atoms with Gasteiger partial charge in [0.15, 0.2) is 0 Å². The van der Waals surface area contributed by atoms with E-state index in [1.54, 1.807) is 22.7 Å². The highest BCUT2D eigenvalue weighted by atomic mass is 32.1. The van der Waals surface area contributed by atoms with Crippen LogP contribution in [0.3, 0.4) is 0 Å². The molecular formula is C54H37N4S2+. The number of benzene rings is 8. The molecule has 12 rings (SSSR count). The van der Waals surface area contributed by atoms with Gasteiger partial charge in [0.2, 0.25) is 11.4 Å². The summed E-state index contributed by atoms with van der Waals surface area (Å²) in [6.07, 6.45) is 0. The highest BCUT2D eigenvalue weighted by Gasteiger charge is 2.42. The van der Waals surface area contributed by atoms with E-state index in [1.165, 1.54) is 92.7 Å². The molecule has 8 aromatic carbocycles. The maximum Gasteiger partial charge on any atom is 0.209 e. The molecule has 60 heavy (non-hydrogen) atoms. The highest BCUT2D eigenvalue weighted by Crippen LogP contribution is 2.48. The van der Waals surface area contributed by atoms with Gasteiger partial charge in [0, 0.05) is 40.7 Å². The first-order valence-electron chi connectivity index (χ1n) is 20.3. The molecule has 4 nitrogen and oxygen atoms in total. The molecule has 1 aliphatic heterocycles. The summed E-state index contributed by atoms with van der Waals surface area (Å²) in [5, 5.41) is 5.75. The number of hydrogen-bond acceptors (Lipinski definition) is 4. The first-order valence-corrected chi connectivity index (χ1v) is 21.9. The van der Waals surface area contributed by atoms with Crippen molar-refractivity contribution in [3.05, 3.63) is 198 Å². The first kappa shape index (κ1) is 35.0. The molecule has 1 atom stereocenters. The molecule has 0 aliphatic carbocycles. The topological polar surface area (TPSA) is 33.7 Å². The van der Waals surface area contributed by atoms with E-state index < -0.39 is 0 Å². The number of fused-ring (bicyclic) bond motifs is 5. The minimum Gasteiger partial charge on any atom is -0.343 e. The van der Waals surface area contributed by atoms with Crippen molar-refractivity contribution >= 4 is 76.2 Å². The monoisotopic (exact) mass is 805 g/mol. The molecule has 0 N–H and O–H groups in total. The molecule has 0 saturated carbocycles. The molecule has 0 bridgehead atoms. The van der Waals surface area contributed by atoms with Gasteiger partial charge < -0.3 is 4.57 Å². The van der Waals surface area contributed by atoms with Crippen molar-refractivity contribution in [3.63, 3.8) is 0 Å². The normalized spacial score (nSPS) is 13.9. The van der Waals surface area contributed by atoms with E-state index >= 15 is 0 Å². The number of para-hydroxylation sites is 2. The van der Waals surface area contributed by atoms with Gasteiger partial charge in [0.25, 0.3) is 0 Å². The SMILES string of the molecule is Cn1c(-c2cccc3c(C4=[N+](C)c5ccc(-c6ccccc6)cc5C4c4nc5ccccc5s4)cccc23)c(-c2nc3ccccc3s2)c2cc(-c3ccccc3)ccc21. The lowest BCUT2D eigenvalue weighted by Crippen LogP contribution is -2.17. The standard InChI is InChI=1S/C54H37N4S2/c1-57-45-29-27-35(33-15-5-3-6-16-33)31-41(45)49(53-55-43-23-9-11-25-47(43)59-53)51(57)39-21-13-20-38-37(39)19-14-22-40(38)52-50(54-56-44-24-10-12-26-48(44)60-54)42-32-36(28-30-46(42)58(52)2)34-17-7-4-8-18-34/h3-32,49H,1-2H3/q+1. The Kier molecular flexibility index (Phi) is 8.05. The van der Waals surface area contributed by atoms with Gasteiger partial charge in [0.05, 0.1) is 31.7 Å². The summed E-state index contributed by atoms with van der Waals surface area (Å²) in [7, 11) is 4.44. The summed E-state index contributed by atoms with van der Waals surface area (Å²) in [6, 6.07) is 65.9. The minimum atomic E-state index is -0.0485. The van der Waals surface area contributed by atoms with Gasteiger partial charge in [-0.3, -0.25) is 0 Å². The number of aromatic nitrogens is 3. The largest absolute Gasteiger partial charge is 0.343 e. The Hall–Kier alpha value is -6.99. The van der Waals surface area contributed by atoms with Crippen molar-refractivity contribution in [3.8, 4) is 44.1 Å². The quantitative estimate of drug-likeness (QED) is 0.157. The third kappa shape index (κ3) is 5.45.